The molecule has 1 heterocycles. The molecule has 0 aliphatic carbocycles. The highest BCUT2D eigenvalue weighted by Gasteiger charge is 2.08. The van der Waals surface area contributed by atoms with Gasteiger partial charge in [0.15, 0.2) is 0 Å². The lowest BCUT2D eigenvalue weighted by Gasteiger charge is -2.12. The summed E-state index contributed by atoms with van der Waals surface area (Å²) in [5, 5.41) is 0.964. The number of fused-ring (bicyclic) bond motifs is 1. The van der Waals surface area contributed by atoms with Crippen LogP contribution in [0.2, 0.25) is 0 Å². The SMILES string of the molecule is Cc1nc2ccc(OC(C)C)cc2c(N)c1C. The molecule has 3 nitrogen and oxygen atoms in total. The molecule has 0 unspecified atom stereocenters. The van der Waals surface area contributed by atoms with Gasteiger partial charge in [-0.3, -0.25) is 4.98 Å². The van der Waals surface area contributed by atoms with E-state index in [4.69, 9.17) is 10.5 Å². The van der Waals surface area contributed by atoms with E-state index in [-0.39, 0.29) is 6.10 Å². The van der Waals surface area contributed by atoms with Crippen molar-refractivity contribution in [3.05, 3.63) is 29.5 Å². The van der Waals surface area contributed by atoms with Gasteiger partial charge in [-0.05, 0) is 51.5 Å². The number of anilines is 1. The Morgan fingerprint density at radius 3 is 2.59 bits per heavy atom. The monoisotopic (exact) mass is 230 g/mol. The Balaban J connectivity index is 2.60. The summed E-state index contributed by atoms with van der Waals surface area (Å²) in [6.07, 6.45) is 0.160. The Morgan fingerprint density at radius 2 is 1.94 bits per heavy atom. The van der Waals surface area contributed by atoms with Crippen molar-refractivity contribution in [3.63, 3.8) is 0 Å². The predicted octanol–water partition coefficient (Wildman–Crippen LogP) is 3.22. The number of nitrogen functional groups attached to an aromatic ring is 1. The van der Waals surface area contributed by atoms with Crippen LogP contribution in [0.5, 0.6) is 5.75 Å². The van der Waals surface area contributed by atoms with Crippen LogP contribution in [-0.4, -0.2) is 11.1 Å². The zero-order chi connectivity index (χ0) is 12.6. The molecule has 0 atom stereocenters. The topological polar surface area (TPSA) is 48.1 Å². The van der Waals surface area contributed by atoms with E-state index in [0.29, 0.717) is 0 Å². The fourth-order valence-corrected chi connectivity index (χ4v) is 1.84. The summed E-state index contributed by atoms with van der Waals surface area (Å²) >= 11 is 0. The summed E-state index contributed by atoms with van der Waals surface area (Å²) in [7, 11) is 0. The van der Waals surface area contributed by atoms with Crippen molar-refractivity contribution in [3.8, 4) is 5.75 Å². The molecule has 2 N–H and O–H groups in total. The summed E-state index contributed by atoms with van der Waals surface area (Å²) in [5.41, 5.74) is 9.85. The van der Waals surface area contributed by atoms with Gasteiger partial charge in [-0.2, -0.15) is 0 Å². The number of ether oxygens (including phenoxy) is 1. The van der Waals surface area contributed by atoms with Gasteiger partial charge in [-0.15, -0.1) is 0 Å². The molecule has 0 fully saturated rings. The number of hydrogen-bond acceptors (Lipinski definition) is 3. The van der Waals surface area contributed by atoms with Gasteiger partial charge >= 0.3 is 0 Å². The van der Waals surface area contributed by atoms with Crippen molar-refractivity contribution in [1.29, 1.82) is 0 Å². The standard InChI is InChI=1S/C14H18N2O/c1-8(2)17-11-5-6-13-12(7-11)14(15)9(3)10(4)16-13/h5-8H,1-4H3,(H2,15,16). The second-order valence-corrected chi connectivity index (χ2v) is 4.58. The molecule has 2 aromatic rings. The average molecular weight is 230 g/mol. The van der Waals surface area contributed by atoms with Crippen LogP contribution in [-0.2, 0) is 0 Å². The zero-order valence-corrected chi connectivity index (χ0v) is 10.7. The van der Waals surface area contributed by atoms with Crippen LogP contribution in [0.25, 0.3) is 10.9 Å². The highest BCUT2D eigenvalue weighted by molar-refractivity contribution is 5.93. The van der Waals surface area contributed by atoms with Crippen LogP contribution >= 0.6 is 0 Å². The van der Waals surface area contributed by atoms with Crippen molar-refractivity contribution >= 4 is 16.6 Å². The smallest absolute Gasteiger partial charge is 0.120 e. The van der Waals surface area contributed by atoms with Gasteiger partial charge in [0.25, 0.3) is 0 Å². The number of pyridine rings is 1. The third kappa shape index (κ3) is 2.18. The molecule has 17 heavy (non-hydrogen) atoms. The number of nitrogens with zero attached hydrogens (tertiary/aromatic N) is 1. The van der Waals surface area contributed by atoms with Crippen LogP contribution in [0, 0.1) is 13.8 Å². The molecule has 0 amide bonds. The van der Waals surface area contributed by atoms with Crippen LogP contribution in [0.15, 0.2) is 18.2 Å². The summed E-state index contributed by atoms with van der Waals surface area (Å²) < 4.78 is 5.66. The maximum absolute atomic E-state index is 6.12. The van der Waals surface area contributed by atoms with E-state index in [2.05, 4.69) is 4.98 Å². The number of aryl methyl sites for hydroxylation is 1. The van der Waals surface area contributed by atoms with Crippen molar-refractivity contribution < 1.29 is 4.74 Å². The number of benzene rings is 1. The van der Waals surface area contributed by atoms with Gasteiger partial charge in [0.05, 0.1) is 11.6 Å². The summed E-state index contributed by atoms with van der Waals surface area (Å²) in [6, 6.07) is 5.85. The minimum atomic E-state index is 0.160. The van der Waals surface area contributed by atoms with Gasteiger partial charge in [0.1, 0.15) is 5.75 Å². The minimum absolute atomic E-state index is 0.160. The third-order valence-corrected chi connectivity index (χ3v) is 2.86. The number of hydrogen-bond donors (Lipinski definition) is 1. The summed E-state index contributed by atoms with van der Waals surface area (Å²) in [6.45, 7) is 7.98. The quantitative estimate of drug-likeness (QED) is 0.861. The van der Waals surface area contributed by atoms with Crippen molar-refractivity contribution in [2.75, 3.05) is 5.73 Å². The molecule has 0 aliphatic rings. The lowest BCUT2D eigenvalue weighted by Crippen LogP contribution is -2.05. The van der Waals surface area contributed by atoms with E-state index in [1.165, 1.54) is 0 Å². The largest absolute Gasteiger partial charge is 0.491 e. The molecule has 0 saturated carbocycles. The van der Waals surface area contributed by atoms with Crippen LogP contribution in [0.3, 0.4) is 0 Å². The first-order valence-corrected chi connectivity index (χ1v) is 5.82. The maximum atomic E-state index is 6.12. The van der Waals surface area contributed by atoms with E-state index in [1.807, 2.05) is 45.9 Å². The molecule has 1 aromatic carbocycles. The first kappa shape index (κ1) is 11.7. The molecule has 0 saturated heterocycles. The fraction of sp³-hybridized carbons (Fsp3) is 0.357. The van der Waals surface area contributed by atoms with Gasteiger partial charge < -0.3 is 10.5 Å². The molecule has 1 aromatic heterocycles. The Bertz CT molecular complexity index is 562. The Labute approximate surface area is 102 Å². The zero-order valence-electron chi connectivity index (χ0n) is 10.7. The first-order chi connectivity index (χ1) is 7.99. The summed E-state index contributed by atoms with van der Waals surface area (Å²) in [5.74, 6) is 0.837. The number of nitrogens with two attached hydrogens (primary N) is 1. The van der Waals surface area contributed by atoms with Crippen LogP contribution in [0.4, 0.5) is 5.69 Å². The van der Waals surface area contributed by atoms with Gasteiger partial charge in [0.2, 0.25) is 0 Å². The molecule has 3 heteroatoms. The van der Waals surface area contributed by atoms with E-state index < -0.39 is 0 Å². The van der Waals surface area contributed by atoms with Gasteiger partial charge in [-0.25, -0.2) is 0 Å². The molecule has 0 bridgehead atoms. The lowest BCUT2D eigenvalue weighted by atomic mass is 10.1. The molecule has 90 valence electrons. The Morgan fingerprint density at radius 1 is 1.24 bits per heavy atom. The Hall–Kier alpha value is -1.77. The lowest BCUT2D eigenvalue weighted by molar-refractivity contribution is 0.243. The second-order valence-electron chi connectivity index (χ2n) is 4.58. The van der Waals surface area contributed by atoms with E-state index in [0.717, 1.165) is 33.6 Å². The van der Waals surface area contributed by atoms with Crippen molar-refractivity contribution in [1.82, 2.24) is 4.98 Å². The predicted molar refractivity (Wildman–Crippen MR) is 71.4 cm³/mol. The molecule has 0 spiro atoms. The molecule has 0 aliphatic heterocycles. The first-order valence-electron chi connectivity index (χ1n) is 5.82. The highest BCUT2D eigenvalue weighted by Crippen LogP contribution is 2.28. The molecular weight excluding hydrogens is 212 g/mol. The van der Waals surface area contributed by atoms with Crippen molar-refractivity contribution in [2.45, 2.75) is 33.8 Å². The maximum Gasteiger partial charge on any atom is 0.120 e. The number of aromatic nitrogens is 1. The highest BCUT2D eigenvalue weighted by atomic mass is 16.5. The number of rotatable bonds is 2. The second kappa shape index (κ2) is 4.24. The van der Waals surface area contributed by atoms with Crippen molar-refractivity contribution in [2.24, 2.45) is 0 Å². The van der Waals surface area contributed by atoms with Crippen LogP contribution < -0.4 is 10.5 Å². The van der Waals surface area contributed by atoms with E-state index >= 15 is 0 Å². The van der Waals surface area contributed by atoms with Crippen LogP contribution in [0.1, 0.15) is 25.1 Å². The van der Waals surface area contributed by atoms with E-state index in [9.17, 15) is 0 Å². The average Bonchev–Trinajstić information content (AvgIpc) is 2.26. The normalized spacial score (nSPS) is 11.1. The van der Waals surface area contributed by atoms with Gasteiger partial charge in [0, 0.05) is 16.8 Å². The fourth-order valence-electron chi connectivity index (χ4n) is 1.84. The van der Waals surface area contributed by atoms with E-state index in [1.54, 1.807) is 0 Å². The molecule has 2 rings (SSSR count). The third-order valence-electron chi connectivity index (χ3n) is 2.86. The molecular formula is C14H18N2O. The summed E-state index contributed by atoms with van der Waals surface area (Å²) in [4.78, 5) is 4.52. The minimum Gasteiger partial charge on any atom is -0.491 e. The molecule has 0 radical (unpaired) electrons. The Kier molecular flexibility index (Phi) is 2.92. The van der Waals surface area contributed by atoms with Gasteiger partial charge in [-0.1, -0.05) is 0 Å².